The third kappa shape index (κ3) is 4.70. The second-order valence-corrected chi connectivity index (χ2v) is 4.12. The SMILES string of the molecule is I.NC(N)=NCC=C(c1ccccc1)c1ccccc1. The first-order valence-corrected chi connectivity index (χ1v) is 6.14. The lowest BCUT2D eigenvalue weighted by Crippen LogP contribution is -2.22. The van der Waals surface area contributed by atoms with Crippen LogP contribution in [0.3, 0.4) is 0 Å². The third-order valence-electron chi connectivity index (χ3n) is 2.74. The molecule has 0 aliphatic heterocycles. The normalized spacial score (nSPS) is 9.20. The van der Waals surface area contributed by atoms with E-state index in [2.05, 4.69) is 29.3 Å². The fourth-order valence-electron chi connectivity index (χ4n) is 1.88. The highest BCUT2D eigenvalue weighted by molar-refractivity contribution is 14.0. The Morgan fingerprint density at radius 1 is 0.850 bits per heavy atom. The van der Waals surface area contributed by atoms with Gasteiger partial charge in [0.15, 0.2) is 5.96 Å². The van der Waals surface area contributed by atoms with Crippen molar-refractivity contribution < 1.29 is 0 Å². The second-order valence-electron chi connectivity index (χ2n) is 4.12. The number of halogens is 1. The zero-order valence-corrected chi connectivity index (χ0v) is 13.4. The molecule has 20 heavy (non-hydrogen) atoms. The molecule has 2 aromatic rings. The van der Waals surface area contributed by atoms with Gasteiger partial charge < -0.3 is 11.5 Å². The Morgan fingerprint density at radius 3 is 1.70 bits per heavy atom. The molecule has 0 aliphatic rings. The first-order valence-electron chi connectivity index (χ1n) is 6.14. The monoisotopic (exact) mass is 379 g/mol. The molecule has 3 nitrogen and oxygen atoms in total. The summed E-state index contributed by atoms with van der Waals surface area (Å²) in [6, 6.07) is 20.4. The Kier molecular flexibility index (Phi) is 6.79. The number of benzene rings is 2. The Hall–Kier alpha value is -1.82. The molecule has 0 fully saturated rings. The van der Waals surface area contributed by atoms with Gasteiger partial charge in [0.2, 0.25) is 0 Å². The first kappa shape index (κ1) is 16.2. The minimum absolute atomic E-state index is 0. The van der Waals surface area contributed by atoms with Crippen molar-refractivity contribution in [3.8, 4) is 0 Å². The zero-order valence-electron chi connectivity index (χ0n) is 11.1. The molecular formula is C16H18IN3. The molecule has 0 bridgehead atoms. The van der Waals surface area contributed by atoms with E-state index in [1.165, 1.54) is 0 Å². The lowest BCUT2D eigenvalue weighted by atomic mass is 9.98. The summed E-state index contributed by atoms with van der Waals surface area (Å²) in [4.78, 5) is 4.01. The van der Waals surface area contributed by atoms with E-state index >= 15 is 0 Å². The van der Waals surface area contributed by atoms with Crippen LogP contribution in [0, 0.1) is 0 Å². The minimum atomic E-state index is 0. The van der Waals surface area contributed by atoms with Crippen LogP contribution in [0.5, 0.6) is 0 Å². The molecule has 4 heteroatoms. The standard InChI is InChI=1S/C16H17N3.HI/c17-16(18)19-12-11-15(13-7-3-1-4-8-13)14-9-5-2-6-10-14;/h1-11H,12H2,(H4,17,18,19);1H. The molecular weight excluding hydrogens is 361 g/mol. The van der Waals surface area contributed by atoms with Crippen LogP contribution in [0.15, 0.2) is 71.7 Å². The van der Waals surface area contributed by atoms with Gasteiger partial charge in [0, 0.05) is 0 Å². The highest BCUT2D eigenvalue weighted by Gasteiger charge is 2.03. The first-order chi connectivity index (χ1) is 9.27. The van der Waals surface area contributed by atoms with E-state index in [0.29, 0.717) is 6.54 Å². The van der Waals surface area contributed by atoms with Gasteiger partial charge in [-0.25, -0.2) is 4.99 Å². The van der Waals surface area contributed by atoms with Gasteiger partial charge in [0.25, 0.3) is 0 Å². The largest absolute Gasteiger partial charge is 0.370 e. The van der Waals surface area contributed by atoms with Crippen molar-refractivity contribution in [1.82, 2.24) is 0 Å². The van der Waals surface area contributed by atoms with Gasteiger partial charge in [-0.3, -0.25) is 0 Å². The molecule has 0 atom stereocenters. The molecule has 0 spiro atoms. The lowest BCUT2D eigenvalue weighted by Gasteiger charge is -2.08. The number of rotatable bonds is 4. The molecule has 0 aliphatic carbocycles. The van der Waals surface area contributed by atoms with Gasteiger partial charge in [-0.15, -0.1) is 24.0 Å². The number of guanidine groups is 1. The maximum Gasteiger partial charge on any atom is 0.186 e. The smallest absolute Gasteiger partial charge is 0.186 e. The molecule has 0 unspecified atom stereocenters. The summed E-state index contributed by atoms with van der Waals surface area (Å²) in [6.07, 6.45) is 2.03. The summed E-state index contributed by atoms with van der Waals surface area (Å²) in [7, 11) is 0. The molecule has 2 rings (SSSR count). The maximum atomic E-state index is 5.35. The molecule has 0 heterocycles. The molecule has 0 aromatic heterocycles. The number of hydrogen-bond acceptors (Lipinski definition) is 1. The molecule has 0 radical (unpaired) electrons. The minimum Gasteiger partial charge on any atom is -0.370 e. The van der Waals surface area contributed by atoms with Crippen LogP contribution in [0.25, 0.3) is 5.57 Å². The van der Waals surface area contributed by atoms with E-state index in [1.54, 1.807) is 0 Å². The Bertz CT molecular complexity index is 532. The average Bonchev–Trinajstić information content (AvgIpc) is 2.45. The third-order valence-corrected chi connectivity index (χ3v) is 2.74. The van der Waals surface area contributed by atoms with Crippen molar-refractivity contribution >= 4 is 35.5 Å². The molecule has 2 aromatic carbocycles. The van der Waals surface area contributed by atoms with Gasteiger partial charge >= 0.3 is 0 Å². The van der Waals surface area contributed by atoms with Crippen molar-refractivity contribution in [2.24, 2.45) is 16.5 Å². The van der Waals surface area contributed by atoms with Gasteiger partial charge in [0.1, 0.15) is 0 Å². The van der Waals surface area contributed by atoms with Gasteiger partial charge in [-0.2, -0.15) is 0 Å². The van der Waals surface area contributed by atoms with Crippen LogP contribution in [0.2, 0.25) is 0 Å². The van der Waals surface area contributed by atoms with Crippen LogP contribution in [-0.2, 0) is 0 Å². The predicted octanol–water partition coefficient (Wildman–Crippen LogP) is 3.01. The van der Waals surface area contributed by atoms with Crippen LogP contribution in [0.1, 0.15) is 11.1 Å². The van der Waals surface area contributed by atoms with Crippen molar-refractivity contribution in [2.45, 2.75) is 0 Å². The highest BCUT2D eigenvalue weighted by atomic mass is 127. The fourth-order valence-corrected chi connectivity index (χ4v) is 1.88. The number of nitrogens with two attached hydrogens (primary N) is 2. The Balaban J connectivity index is 0.00000200. The van der Waals surface area contributed by atoms with Crippen molar-refractivity contribution in [2.75, 3.05) is 6.54 Å². The van der Waals surface area contributed by atoms with Crippen LogP contribution in [0.4, 0.5) is 0 Å². The van der Waals surface area contributed by atoms with Crippen LogP contribution < -0.4 is 11.5 Å². The predicted molar refractivity (Wildman–Crippen MR) is 96.1 cm³/mol. The van der Waals surface area contributed by atoms with Gasteiger partial charge in [-0.05, 0) is 16.7 Å². The van der Waals surface area contributed by atoms with E-state index in [9.17, 15) is 0 Å². The summed E-state index contributed by atoms with van der Waals surface area (Å²) in [6.45, 7) is 0.474. The summed E-state index contributed by atoms with van der Waals surface area (Å²) in [5.74, 6) is 0.108. The number of nitrogens with zero attached hydrogens (tertiary/aromatic N) is 1. The van der Waals surface area contributed by atoms with Gasteiger partial charge in [-0.1, -0.05) is 66.7 Å². The quantitative estimate of drug-likeness (QED) is 0.487. The summed E-state index contributed by atoms with van der Waals surface area (Å²) in [5.41, 5.74) is 14.1. The molecule has 0 amide bonds. The Labute approximate surface area is 136 Å². The maximum absolute atomic E-state index is 5.35. The summed E-state index contributed by atoms with van der Waals surface area (Å²) >= 11 is 0. The van der Waals surface area contributed by atoms with E-state index in [1.807, 2.05) is 42.5 Å². The summed E-state index contributed by atoms with van der Waals surface area (Å²) < 4.78 is 0. The van der Waals surface area contributed by atoms with Gasteiger partial charge in [0.05, 0.1) is 6.54 Å². The topological polar surface area (TPSA) is 64.4 Å². The number of hydrogen-bond donors (Lipinski definition) is 2. The molecule has 0 saturated heterocycles. The Morgan fingerprint density at radius 2 is 1.30 bits per heavy atom. The molecule has 0 saturated carbocycles. The second kappa shape index (κ2) is 8.37. The number of aliphatic imine (C=N–C) groups is 1. The molecule has 4 N–H and O–H groups in total. The highest BCUT2D eigenvalue weighted by Crippen LogP contribution is 2.22. The van der Waals surface area contributed by atoms with Crippen LogP contribution in [-0.4, -0.2) is 12.5 Å². The zero-order chi connectivity index (χ0) is 13.5. The van der Waals surface area contributed by atoms with Crippen LogP contribution >= 0.6 is 24.0 Å². The van der Waals surface area contributed by atoms with Crippen molar-refractivity contribution in [3.63, 3.8) is 0 Å². The fraction of sp³-hybridized carbons (Fsp3) is 0.0625. The van der Waals surface area contributed by atoms with E-state index in [-0.39, 0.29) is 29.9 Å². The average molecular weight is 379 g/mol. The lowest BCUT2D eigenvalue weighted by molar-refractivity contribution is 1.21. The molecule has 104 valence electrons. The van der Waals surface area contributed by atoms with E-state index in [0.717, 1.165) is 16.7 Å². The van der Waals surface area contributed by atoms with Crippen molar-refractivity contribution in [1.29, 1.82) is 0 Å². The van der Waals surface area contributed by atoms with Crippen molar-refractivity contribution in [3.05, 3.63) is 77.9 Å². The van der Waals surface area contributed by atoms with E-state index in [4.69, 9.17) is 11.5 Å². The van der Waals surface area contributed by atoms with E-state index < -0.39 is 0 Å². The summed E-state index contributed by atoms with van der Waals surface area (Å²) in [5, 5.41) is 0.